The minimum Gasteiger partial charge on any atom is -0.475 e. The average molecular weight is 140 g/mol. The number of halogens is 2. The van der Waals surface area contributed by atoms with E-state index < -0.39 is 12.1 Å². The van der Waals surface area contributed by atoms with Crippen LogP contribution in [-0.2, 0) is 9.53 Å². The summed E-state index contributed by atoms with van der Waals surface area (Å²) >= 11 is 0. The van der Waals surface area contributed by atoms with Crippen LogP contribution in [0.2, 0.25) is 0 Å². The average Bonchev–Trinajstić information content (AvgIpc) is 1.65. The summed E-state index contributed by atoms with van der Waals surface area (Å²) in [6.07, 6.45) is -4.03. The zero-order valence-corrected chi connectivity index (χ0v) is 4.73. The molecule has 3 nitrogen and oxygen atoms in total. The number of aliphatic carboxylic acids is 1. The molecule has 0 saturated carbocycles. The summed E-state index contributed by atoms with van der Waals surface area (Å²) in [4.78, 5) is 9.54. The Kier molecular flexibility index (Phi) is 2.51. The van der Waals surface area contributed by atoms with E-state index >= 15 is 0 Å². The fourth-order valence-corrected chi connectivity index (χ4v) is 0.243. The predicted octanol–water partition coefficient (Wildman–Crippen LogP) is 0.700. The number of carboxylic acid groups (broad SMARTS) is 1. The Labute approximate surface area is 50.2 Å². The molecular weight excluding hydrogens is 134 g/mol. The van der Waals surface area contributed by atoms with Crippen molar-refractivity contribution < 1.29 is 23.4 Å². The number of carboxylic acids is 1. The highest BCUT2D eigenvalue weighted by Gasteiger charge is 2.39. The Morgan fingerprint density at radius 1 is 1.78 bits per heavy atom. The Bertz CT molecular complexity index is 112. The molecule has 0 rings (SSSR count). The Balaban J connectivity index is 3.85. The Morgan fingerprint density at radius 2 is 2.22 bits per heavy atom. The molecule has 5 heteroatoms. The van der Waals surface area contributed by atoms with E-state index in [0.717, 1.165) is 0 Å². The van der Waals surface area contributed by atoms with E-state index in [0.29, 0.717) is 0 Å². The highest BCUT2D eigenvalue weighted by molar-refractivity contribution is 5.73. The molecule has 54 valence electrons. The molecule has 0 aliphatic rings. The van der Waals surface area contributed by atoms with Gasteiger partial charge in [0, 0.05) is 0 Å². The molecule has 0 atom stereocenters. The molecule has 0 amide bonds. The van der Waals surface area contributed by atoms with Gasteiger partial charge in [0.25, 0.3) is 0 Å². The van der Waals surface area contributed by atoms with Crippen molar-refractivity contribution in [3.63, 3.8) is 0 Å². The molecule has 0 spiro atoms. The highest BCUT2D eigenvalue weighted by atomic mass is 19.3. The summed E-state index contributed by atoms with van der Waals surface area (Å²) in [6.45, 7) is 0.968. The third-order valence-electron chi connectivity index (χ3n) is 0.575. The zero-order chi connectivity index (χ0) is 7.49. The maximum Gasteiger partial charge on any atom is 0.455 e. The first kappa shape index (κ1) is 8.29. The second-order valence-electron chi connectivity index (χ2n) is 1.25. The number of alkyl halides is 2. The number of ether oxygens (including phenoxy) is 1. The molecule has 0 aromatic rings. The molecule has 0 aromatic carbocycles. The highest BCUT2D eigenvalue weighted by Crippen LogP contribution is 2.13. The van der Waals surface area contributed by atoms with Gasteiger partial charge in [0.1, 0.15) is 0 Å². The third kappa shape index (κ3) is 2.36. The van der Waals surface area contributed by atoms with E-state index in [2.05, 4.69) is 4.74 Å². The van der Waals surface area contributed by atoms with Crippen molar-refractivity contribution in [2.75, 3.05) is 6.61 Å². The fourth-order valence-electron chi connectivity index (χ4n) is 0.243. The van der Waals surface area contributed by atoms with E-state index in [9.17, 15) is 13.6 Å². The van der Waals surface area contributed by atoms with Crippen molar-refractivity contribution in [3.8, 4) is 0 Å². The molecule has 9 heavy (non-hydrogen) atoms. The third-order valence-corrected chi connectivity index (χ3v) is 0.575. The second kappa shape index (κ2) is 2.72. The molecule has 0 unspecified atom stereocenters. The molecule has 1 N–H and O–H groups in total. The van der Waals surface area contributed by atoms with Crippen LogP contribution in [0.25, 0.3) is 0 Å². The van der Waals surface area contributed by atoms with E-state index in [1.54, 1.807) is 0 Å². The molecule has 0 heterocycles. The first-order valence-electron chi connectivity index (χ1n) is 2.26. The van der Waals surface area contributed by atoms with Crippen LogP contribution in [0.15, 0.2) is 0 Å². The van der Waals surface area contributed by atoms with Gasteiger partial charge in [0.15, 0.2) is 0 Å². The molecule has 0 radical (unpaired) electrons. The SMILES string of the molecule is CCOC(F)(F)C(=O)O. The quantitative estimate of drug-likeness (QED) is 0.627. The van der Waals surface area contributed by atoms with Crippen LogP contribution in [0, 0.1) is 0 Å². The van der Waals surface area contributed by atoms with Crippen molar-refractivity contribution in [2.45, 2.75) is 13.0 Å². The van der Waals surface area contributed by atoms with Crippen molar-refractivity contribution in [3.05, 3.63) is 0 Å². The Morgan fingerprint density at radius 3 is 2.33 bits per heavy atom. The van der Waals surface area contributed by atoms with Crippen LogP contribution in [0.4, 0.5) is 8.78 Å². The van der Waals surface area contributed by atoms with Crippen LogP contribution >= 0.6 is 0 Å². The Hall–Kier alpha value is -0.710. The lowest BCUT2D eigenvalue weighted by Crippen LogP contribution is -2.31. The molecular formula is C4H6F2O3. The van der Waals surface area contributed by atoms with Gasteiger partial charge in [-0.2, -0.15) is 8.78 Å². The van der Waals surface area contributed by atoms with Gasteiger partial charge >= 0.3 is 12.1 Å². The summed E-state index contributed by atoms with van der Waals surface area (Å²) < 4.78 is 27.0. The van der Waals surface area contributed by atoms with E-state index in [4.69, 9.17) is 5.11 Å². The van der Waals surface area contributed by atoms with Gasteiger partial charge in [-0.15, -0.1) is 0 Å². The van der Waals surface area contributed by atoms with Gasteiger partial charge in [0.2, 0.25) is 0 Å². The van der Waals surface area contributed by atoms with Crippen molar-refractivity contribution in [2.24, 2.45) is 0 Å². The van der Waals surface area contributed by atoms with Crippen LogP contribution < -0.4 is 0 Å². The van der Waals surface area contributed by atoms with E-state index in [1.807, 2.05) is 0 Å². The van der Waals surface area contributed by atoms with Crippen LogP contribution in [0.5, 0.6) is 0 Å². The number of hydrogen-bond donors (Lipinski definition) is 1. The molecule has 0 aliphatic heterocycles. The van der Waals surface area contributed by atoms with Crippen molar-refractivity contribution in [1.82, 2.24) is 0 Å². The van der Waals surface area contributed by atoms with Gasteiger partial charge in [-0.25, -0.2) is 4.79 Å². The van der Waals surface area contributed by atoms with E-state index in [-0.39, 0.29) is 6.61 Å². The molecule has 0 bridgehead atoms. The molecule has 0 aliphatic carbocycles. The first-order chi connectivity index (χ1) is 4.00. The van der Waals surface area contributed by atoms with Crippen molar-refractivity contribution in [1.29, 1.82) is 0 Å². The molecule has 0 saturated heterocycles. The summed E-state index contributed by atoms with van der Waals surface area (Å²) in [5, 5.41) is 7.70. The number of rotatable bonds is 3. The molecule has 0 fully saturated rings. The fraction of sp³-hybridized carbons (Fsp3) is 0.750. The minimum atomic E-state index is -4.03. The van der Waals surface area contributed by atoms with Crippen LogP contribution in [-0.4, -0.2) is 23.8 Å². The van der Waals surface area contributed by atoms with Crippen molar-refractivity contribution >= 4 is 5.97 Å². The summed E-state index contributed by atoms with van der Waals surface area (Å²) in [7, 11) is 0. The zero-order valence-electron chi connectivity index (χ0n) is 4.73. The summed E-state index contributed by atoms with van der Waals surface area (Å²) in [5.41, 5.74) is 0. The smallest absolute Gasteiger partial charge is 0.455 e. The lowest BCUT2D eigenvalue weighted by atomic mass is 10.6. The topological polar surface area (TPSA) is 46.5 Å². The van der Waals surface area contributed by atoms with Crippen LogP contribution in [0.3, 0.4) is 0 Å². The lowest BCUT2D eigenvalue weighted by Gasteiger charge is -2.08. The first-order valence-corrected chi connectivity index (χ1v) is 2.26. The standard InChI is InChI=1S/C4H6F2O3/c1-2-9-4(5,6)3(7)8/h2H2,1H3,(H,7,8). The van der Waals surface area contributed by atoms with Gasteiger partial charge in [-0.1, -0.05) is 0 Å². The number of carbonyl (C=O) groups is 1. The monoisotopic (exact) mass is 140 g/mol. The summed E-state index contributed by atoms with van der Waals surface area (Å²) in [6, 6.07) is 0. The largest absolute Gasteiger partial charge is 0.475 e. The summed E-state index contributed by atoms with van der Waals surface area (Å²) in [5.74, 6) is -2.26. The maximum atomic E-state index is 11.7. The maximum absolute atomic E-state index is 11.7. The van der Waals surface area contributed by atoms with E-state index in [1.165, 1.54) is 6.92 Å². The minimum absolute atomic E-state index is 0.320. The van der Waals surface area contributed by atoms with Gasteiger partial charge in [-0.05, 0) is 6.92 Å². The van der Waals surface area contributed by atoms with Crippen LogP contribution in [0.1, 0.15) is 6.92 Å². The van der Waals surface area contributed by atoms with Gasteiger partial charge in [0.05, 0.1) is 6.61 Å². The lowest BCUT2D eigenvalue weighted by molar-refractivity contribution is -0.243. The van der Waals surface area contributed by atoms with Gasteiger partial charge < -0.3 is 9.84 Å². The number of hydrogen-bond acceptors (Lipinski definition) is 2. The molecule has 0 aromatic heterocycles. The van der Waals surface area contributed by atoms with Gasteiger partial charge in [-0.3, -0.25) is 0 Å². The normalized spacial score (nSPS) is 11.4. The predicted molar refractivity (Wildman–Crippen MR) is 24.2 cm³/mol. The second-order valence-corrected chi connectivity index (χ2v) is 1.25.